The number of rotatable bonds is 6. The van der Waals surface area contributed by atoms with Crippen molar-refractivity contribution >= 4 is 28.4 Å². The van der Waals surface area contributed by atoms with Crippen LogP contribution in [-0.2, 0) is 4.74 Å². The second-order valence-corrected chi connectivity index (χ2v) is 5.71. The molecule has 1 aliphatic rings. The SMILES string of the molecule is COCCN(c1nc[nH]c(=O)c1I)C(C)C1CC1. The molecule has 1 aromatic rings. The molecule has 1 atom stereocenters. The molecule has 1 aromatic heterocycles. The summed E-state index contributed by atoms with van der Waals surface area (Å²) < 4.78 is 5.81. The van der Waals surface area contributed by atoms with Gasteiger partial charge in [-0.3, -0.25) is 4.79 Å². The smallest absolute Gasteiger partial charge is 0.266 e. The summed E-state index contributed by atoms with van der Waals surface area (Å²) in [4.78, 5) is 20.8. The molecular weight excluding hydrogens is 345 g/mol. The second kappa shape index (κ2) is 6.01. The van der Waals surface area contributed by atoms with Crippen LogP contribution < -0.4 is 10.5 Å². The maximum atomic E-state index is 11.7. The van der Waals surface area contributed by atoms with Gasteiger partial charge in [-0.15, -0.1) is 0 Å². The van der Waals surface area contributed by atoms with Crippen LogP contribution in [0.3, 0.4) is 0 Å². The molecule has 1 N–H and O–H groups in total. The molecule has 0 aliphatic heterocycles. The van der Waals surface area contributed by atoms with E-state index in [-0.39, 0.29) is 5.56 Å². The Hall–Kier alpha value is -0.630. The lowest BCUT2D eigenvalue weighted by Gasteiger charge is -2.30. The summed E-state index contributed by atoms with van der Waals surface area (Å²) in [5.41, 5.74) is -0.0778. The minimum absolute atomic E-state index is 0.0778. The number of H-pyrrole nitrogens is 1. The Kier molecular flexibility index (Phi) is 4.60. The molecule has 0 aromatic carbocycles. The van der Waals surface area contributed by atoms with Crippen molar-refractivity contribution < 1.29 is 4.74 Å². The lowest BCUT2D eigenvalue weighted by molar-refractivity contribution is 0.202. The maximum absolute atomic E-state index is 11.7. The van der Waals surface area contributed by atoms with Crippen molar-refractivity contribution in [2.75, 3.05) is 25.2 Å². The van der Waals surface area contributed by atoms with Gasteiger partial charge in [0.1, 0.15) is 9.39 Å². The van der Waals surface area contributed by atoms with Crippen LogP contribution in [0, 0.1) is 9.49 Å². The predicted molar refractivity (Wildman–Crippen MR) is 79.0 cm³/mol. The van der Waals surface area contributed by atoms with Crippen LogP contribution in [0.1, 0.15) is 19.8 Å². The highest BCUT2D eigenvalue weighted by atomic mass is 127. The zero-order valence-electron chi connectivity index (χ0n) is 10.6. The molecule has 0 saturated heterocycles. The van der Waals surface area contributed by atoms with E-state index in [2.05, 4.69) is 44.4 Å². The van der Waals surface area contributed by atoms with E-state index in [1.807, 2.05) is 0 Å². The molecule has 0 amide bonds. The largest absolute Gasteiger partial charge is 0.383 e. The van der Waals surface area contributed by atoms with Gasteiger partial charge in [0, 0.05) is 19.7 Å². The van der Waals surface area contributed by atoms with Gasteiger partial charge in [-0.1, -0.05) is 0 Å². The van der Waals surface area contributed by atoms with Crippen LogP contribution in [0.15, 0.2) is 11.1 Å². The third-order valence-electron chi connectivity index (χ3n) is 3.38. The molecule has 0 radical (unpaired) electrons. The highest BCUT2D eigenvalue weighted by Crippen LogP contribution is 2.36. The topological polar surface area (TPSA) is 58.2 Å². The fourth-order valence-electron chi connectivity index (χ4n) is 2.10. The van der Waals surface area contributed by atoms with Crippen molar-refractivity contribution in [2.45, 2.75) is 25.8 Å². The monoisotopic (exact) mass is 363 g/mol. The molecular formula is C12H18IN3O2. The van der Waals surface area contributed by atoms with Crippen LogP contribution >= 0.6 is 22.6 Å². The van der Waals surface area contributed by atoms with Crippen LogP contribution in [0.2, 0.25) is 0 Å². The minimum atomic E-state index is -0.0778. The molecule has 1 saturated carbocycles. The van der Waals surface area contributed by atoms with Crippen molar-refractivity contribution in [3.05, 3.63) is 20.3 Å². The van der Waals surface area contributed by atoms with Gasteiger partial charge < -0.3 is 14.6 Å². The number of halogens is 1. The predicted octanol–water partition coefficient (Wildman–Crippen LogP) is 1.63. The van der Waals surface area contributed by atoms with Gasteiger partial charge in [0.2, 0.25) is 0 Å². The third kappa shape index (κ3) is 3.03. The maximum Gasteiger partial charge on any atom is 0.266 e. The van der Waals surface area contributed by atoms with Crippen LogP contribution in [-0.4, -0.2) is 36.3 Å². The fourth-order valence-corrected chi connectivity index (χ4v) is 2.70. The average Bonchev–Trinajstić information content (AvgIpc) is 3.18. The molecule has 1 unspecified atom stereocenters. The van der Waals surface area contributed by atoms with Gasteiger partial charge in [0.05, 0.1) is 12.9 Å². The Bertz CT molecular complexity index is 459. The number of nitrogens with one attached hydrogen (secondary N) is 1. The van der Waals surface area contributed by atoms with Crippen molar-refractivity contribution in [3.63, 3.8) is 0 Å². The molecule has 1 heterocycles. The van der Waals surface area contributed by atoms with Gasteiger partial charge in [-0.2, -0.15) is 0 Å². The summed E-state index contributed by atoms with van der Waals surface area (Å²) >= 11 is 2.06. The first-order valence-electron chi connectivity index (χ1n) is 6.14. The molecule has 1 aliphatic carbocycles. The van der Waals surface area contributed by atoms with Crippen LogP contribution in [0.25, 0.3) is 0 Å². The van der Waals surface area contributed by atoms with Crippen molar-refractivity contribution in [1.29, 1.82) is 0 Å². The molecule has 2 rings (SSSR count). The third-order valence-corrected chi connectivity index (χ3v) is 4.35. The first-order chi connectivity index (χ1) is 8.65. The zero-order chi connectivity index (χ0) is 13.1. The molecule has 5 nitrogen and oxygen atoms in total. The molecule has 6 heteroatoms. The van der Waals surface area contributed by atoms with E-state index in [9.17, 15) is 4.79 Å². The fraction of sp³-hybridized carbons (Fsp3) is 0.667. The van der Waals surface area contributed by atoms with E-state index in [0.29, 0.717) is 16.2 Å². The van der Waals surface area contributed by atoms with Gasteiger partial charge in [-0.25, -0.2) is 4.98 Å². The van der Waals surface area contributed by atoms with E-state index in [4.69, 9.17) is 4.74 Å². The summed E-state index contributed by atoms with van der Waals surface area (Å²) in [5, 5.41) is 0. The van der Waals surface area contributed by atoms with Crippen LogP contribution in [0.5, 0.6) is 0 Å². The number of ether oxygens (including phenoxy) is 1. The molecule has 1 fully saturated rings. The summed E-state index contributed by atoms with van der Waals surface area (Å²) in [6.07, 6.45) is 4.01. The van der Waals surface area contributed by atoms with E-state index in [1.54, 1.807) is 7.11 Å². The Morgan fingerprint density at radius 2 is 2.39 bits per heavy atom. The van der Waals surface area contributed by atoms with Gasteiger partial charge in [0.15, 0.2) is 0 Å². The number of anilines is 1. The Morgan fingerprint density at radius 3 is 3.00 bits per heavy atom. The number of hydrogen-bond acceptors (Lipinski definition) is 4. The summed E-state index contributed by atoms with van der Waals surface area (Å²) in [6.45, 7) is 3.61. The highest BCUT2D eigenvalue weighted by Gasteiger charge is 2.33. The Morgan fingerprint density at radius 1 is 1.67 bits per heavy atom. The van der Waals surface area contributed by atoms with E-state index in [0.717, 1.165) is 18.3 Å². The van der Waals surface area contributed by atoms with Crippen molar-refractivity contribution in [1.82, 2.24) is 9.97 Å². The number of hydrogen-bond donors (Lipinski definition) is 1. The van der Waals surface area contributed by atoms with E-state index in [1.165, 1.54) is 19.2 Å². The lowest BCUT2D eigenvalue weighted by atomic mass is 10.2. The van der Waals surface area contributed by atoms with Crippen molar-refractivity contribution in [2.24, 2.45) is 5.92 Å². The molecule has 18 heavy (non-hydrogen) atoms. The Labute approximate surface area is 120 Å². The summed E-state index contributed by atoms with van der Waals surface area (Å²) in [7, 11) is 1.69. The lowest BCUT2D eigenvalue weighted by Crippen LogP contribution is -2.39. The molecule has 0 spiro atoms. The molecule has 100 valence electrons. The number of aromatic amines is 1. The standard InChI is InChI=1S/C12H18IN3O2/c1-8(9-3-4-9)16(5-6-18-2)11-10(13)12(17)15-7-14-11/h7-9H,3-6H2,1-2H3,(H,14,15,17). The van der Waals surface area contributed by atoms with Gasteiger partial charge in [0.25, 0.3) is 5.56 Å². The normalized spacial score (nSPS) is 16.6. The number of methoxy groups -OCH3 is 1. The second-order valence-electron chi connectivity index (χ2n) is 4.63. The van der Waals surface area contributed by atoms with Crippen molar-refractivity contribution in [3.8, 4) is 0 Å². The van der Waals surface area contributed by atoms with E-state index >= 15 is 0 Å². The van der Waals surface area contributed by atoms with Gasteiger partial charge >= 0.3 is 0 Å². The molecule has 0 bridgehead atoms. The number of nitrogens with zero attached hydrogens (tertiary/aromatic N) is 2. The van der Waals surface area contributed by atoms with E-state index < -0.39 is 0 Å². The summed E-state index contributed by atoms with van der Waals surface area (Å²) in [6, 6.07) is 0.406. The Balaban J connectivity index is 2.26. The highest BCUT2D eigenvalue weighted by molar-refractivity contribution is 14.1. The zero-order valence-corrected chi connectivity index (χ0v) is 12.8. The first-order valence-corrected chi connectivity index (χ1v) is 7.21. The van der Waals surface area contributed by atoms with Crippen LogP contribution in [0.4, 0.5) is 5.82 Å². The van der Waals surface area contributed by atoms with Gasteiger partial charge in [-0.05, 0) is 48.3 Å². The quantitative estimate of drug-likeness (QED) is 0.781. The minimum Gasteiger partial charge on any atom is -0.383 e. The first kappa shape index (κ1) is 13.8. The average molecular weight is 363 g/mol. The number of aromatic nitrogens is 2. The summed E-state index contributed by atoms with van der Waals surface area (Å²) in [5.74, 6) is 1.49.